The minimum Gasteiger partial charge on any atom is -0.497 e. The molecule has 0 aliphatic carbocycles. The van der Waals surface area contributed by atoms with Crippen molar-refractivity contribution in [2.45, 2.75) is 6.54 Å². The molecule has 2 N–H and O–H groups in total. The van der Waals surface area contributed by atoms with Gasteiger partial charge in [-0.15, -0.1) is 0 Å². The van der Waals surface area contributed by atoms with Crippen molar-refractivity contribution in [3.05, 3.63) is 46.4 Å². The standard InChI is InChI=1S/C18H21BrN2O4/c1-23-13-5-6-14(19)15(9-13)20-11-18(22)21-10-12-4-7-16(24-2)17(8-12)25-3/h4-9,20H,10-11H2,1-3H3,(H,21,22). The molecule has 7 heteroatoms. The van der Waals surface area contributed by atoms with Crippen molar-refractivity contribution >= 4 is 27.5 Å². The first kappa shape index (κ1) is 18.9. The fourth-order valence-electron chi connectivity index (χ4n) is 2.20. The molecular weight excluding hydrogens is 388 g/mol. The maximum Gasteiger partial charge on any atom is 0.239 e. The third-order valence-corrected chi connectivity index (χ3v) is 4.24. The van der Waals surface area contributed by atoms with Crippen LogP contribution in [0.25, 0.3) is 0 Å². The van der Waals surface area contributed by atoms with E-state index in [1.807, 2.05) is 36.4 Å². The van der Waals surface area contributed by atoms with Gasteiger partial charge in [-0.3, -0.25) is 4.79 Å². The van der Waals surface area contributed by atoms with Crippen LogP contribution in [0.1, 0.15) is 5.56 Å². The predicted octanol–water partition coefficient (Wildman–Crippen LogP) is 3.20. The molecule has 0 bridgehead atoms. The molecule has 0 saturated carbocycles. The van der Waals surface area contributed by atoms with E-state index in [2.05, 4.69) is 26.6 Å². The molecule has 0 fully saturated rings. The number of hydrogen-bond acceptors (Lipinski definition) is 5. The first-order chi connectivity index (χ1) is 12.1. The molecule has 2 rings (SSSR count). The highest BCUT2D eigenvalue weighted by molar-refractivity contribution is 9.10. The van der Waals surface area contributed by atoms with Gasteiger partial charge < -0.3 is 24.8 Å². The van der Waals surface area contributed by atoms with Crippen molar-refractivity contribution in [3.63, 3.8) is 0 Å². The molecule has 0 radical (unpaired) electrons. The highest BCUT2D eigenvalue weighted by Gasteiger charge is 2.07. The zero-order chi connectivity index (χ0) is 18.2. The Labute approximate surface area is 155 Å². The summed E-state index contributed by atoms with van der Waals surface area (Å²) in [6.45, 7) is 0.555. The van der Waals surface area contributed by atoms with E-state index in [-0.39, 0.29) is 12.5 Å². The monoisotopic (exact) mass is 408 g/mol. The summed E-state index contributed by atoms with van der Waals surface area (Å²) in [5.41, 5.74) is 1.72. The van der Waals surface area contributed by atoms with Gasteiger partial charge in [0.1, 0.15) is 5.75 Å². The van der Waals surface area contributed by atoms with E-state index in [0.717, 1.165) is 21.5 Å². The molecule has 0 aliphatic rings. The van der Waals surface area contributed by atoms with E-state index < -0.39 is 0 Å². The van der Waals surface area contributed by atoms with E-state index in [1.54, 1.807) is 21.3 Å². The molecule has 0 spiro atoms. The number of carbonyl (C=O) groups is 1. The highest BCUT2D eigenvalue weighted by atomic mass is 79.9. The fourth-order valence-corrected chi connectivity index (χ4v) is 2.58. The zero-order valence-electron chi connectivity index (χ0n) is 14.4. The third kappa shape index (κ3) is 5.29. The Morgan fingerprint density at radius 3 is 2.44 bits per heavy atom. The van der Waals surface area contributed by atoms with Crippen LogP contribution in [-0.2, 0) is 11.3 Å². The number of amides is 1. The van der Waals surface area contributed by atoms with Crippen molar-refractivity contribution in [2.75, 3.05) is 33.2 Å². The van der Waals surface area contributed by atoms with Crippen LogP contribution in [0.5, 0.6) is 17.2 Å². The van der Waals surface area contributed by atoms with Crippen molar-refractivity contribution < 1.29 is 19.0 Å². The fraction of sp³-hybridized carbons (Fsp3) is 0.278. The topological polar surface area (TPSA) is 68.8 Å². The summed E-state index contributed by atoms with van der Waals surface area (Å²) in [5.74, 6) is 1.88. The number of nitrogens with one attached hydrogen (secondary N) is 2. The lowest BCUT2D eigenvalue weighted by atomic mass is 10.2. The first-order valence-electron chi connectivity index (χ1n) is 7.62. The summed E-state index contributed by atoms with van der Waals surface area (Å²) in [6.07, 6.45) is 0. The van der Waals surface area contributed by atoms with Gasteiger partial charge in [0.2, 0.25) is 5.91 Å². The number of benzene rings is 2. The van der Waals surface area contributed by atoms with E-state index in [0.29, 0.717) is 18.0 Å². The maximum absolute atomic E-state index is 12.1. The number of methoxy groups -OCH3 is 3. The van der Waals surface area contributed by atoms with Crippen LogP contribution in [0.3, 0.4) is 0 Å². The van der Waals surface area contributed by atoms with Crippen LogP contribution >= 0.6 is 15.9 Å². The number of hydrogen-bond donors (Lipinski definition) is 2. The molecule has 6 nitrogen and oxygen atoms in total. The number of halogens is 1. The maximum atomic E-state index is 12.1. The number of anilines is 1. The summed E-state index contributed by atoms with van der Waals surface area (Å²) in [4.78, 5) is 12.1. The van der Waals surface area contributed by atoms with Gasteiger partial charge >= 0.3 is 0 Å². The molecule has 0 saturated heterocycles. The molecule has 2 aromatic carbocycles. The van der Waals surface area contributed by atoms with Crippen molar-refractivity contribution in [1.82, 2.24) is 5.32 Å². The number of carbonyl (C=O) groups excluding carboxylic acids is 1. The van der Waals surface area contributed by atoms with Crippen molar-refractivity contribution in [1.29, 1.82) is 0 Å². The van der Waals surface area contributed by atoms with Gasteiger partial charge in [0, 0.05) is 17.1 Å². The summed E-state index contributed by atoms with van der Waals surface area (Å²) in [5, 5.41) is 5.94. The minimum absolute atomic E-state index is 0.121. The van der Waals surface area contributed by atoms with Gasteiger partial charge in [0.05, 0.1) is 33.6 Å². The third-order valence-electron chi connectivity index (χ3n) is 3.55. The normalized spacial score (nSPS) is 10.1. The zero-order valence-corrected chi connectivity index (χ0v) is 16.0. The van der Waals surface area contributed by atoms with Crippen molar-refractivity contribution in [3.8, 4) is 17.2 Å². The molecule has 0 unspecified atom stereocenters. The molecule has 25 heavy (non-hydrogen) atoms. The quantitative estimate of drug-likeness (QED) is 0.701. The van der Waals surface area contributed by atoms with Crippen LogP contribution in [0.2, 0.25) is 0 Å². The lowest BCUT2D eigenvalue weighted by Gasteiger charge is -2.12. The van der Waals surface area contributed by atoms with E-state index >= 15 is 0 Å². The van der Waals surface area contributed by atoms with Gasteiger partial charge in [0.15, 0.2) is 11.5 Å². The molecule has 0 aliphatic heterocycles. The van der Waals surface area contributed by atoms with Gasteiger partial charge in [-0.1, -0.05) is 6.07 Å². The second-order valence-electron chi connectivity index (χ2n) is 5.17. The van der Waals surface area contributed by atoms with Crippen LogP contribution in [0, 0.1) is 0 Å². The number of ether oxygens (including phenoxy) is 3. The molecule has 1 amide bonds. The van der Waals surface area contributed by atoms with Gasteiger partial charge in [0.25, 0.3) is 0 Å². The molecule has 0 atom stereocenters. The lowest BCUT2D eigenvalue weighted by molar-refractivity contribution is -0.119. The summed E-state index contributed by atoms with van der Waals surface area (Å²) in [6, 6.07) is 11.1. The van der Waals surface area contributed by atoms with Gasteiger partial charge in [-0.25, -0.2) is 0 Å². The largest absolute Gasteiger partial charge is 0.497 e. The molecular formula is C18H21BrN2O4. The Morgan fingerprint density at radius 1 is 1.00 bits per heavy atom. The van der Waals surface area contributed by atoms with Crippen molar-refractivity contribution in [2.24, 2.45) is 0 Å². The smallest absolute Gasteiger partial charge is 0.239 e. The first-order valence-corrected chi connectivity index (χ1v) is 8.41. The molecule has 134 valence electrons. The Bertz CT molecular complexity index is 737. The van der Waals surface area contributed by atoms with Crippen LogP contribution < -0.4 is 24.8 Å². The van der Waals surface area contributed by atoms with E-state index in [4.69, 9.17) is 14.2 Å². The second kappa shape index (κ2) is 9.17. The Morgan fingerprint density at radius 2 is 1.76 bits per heavy atom. The second-order valence-corrected chi connectivity index (χ2v) is 6.02. The number of rotatable bonds is 8. The van der Waals surface area contributed by atoms with E-state index in [9.17, 15) is 4.79 Å². The van der Waals surface area contributed by atoms with Crippen LogP contribution in [0.4, 0.5) is 5.69 Å². The predicted molar refractivity (Wildman–Crippen MR) is 101 cm³/mol. The molecule has 0 aromatic heterocycles. The van der Waals surface area contributed by atoms with Crippen LogP contribution in [0.15, 0.2) is 40.9 Å². The summed E-state index contributed by atoms with van der Waals surface area (Å²) >= 11 is 3.44. The summed E-state index contributed by atoms with van der Waals surface area (Å²) in [7, 11) is 4.76. The van der Waals surface area contributed by atoms with E-state index in [1.165, 1.54) is 0 Å². The average molecular weight is 409 g/mol. The SMILES string of the molecule is COc1ccc(Br)c(NCC(=O)NCc2ccc(OC)c(OC)c2)c1. The Balaban J connectivity index is 1.89. The van der Waals surface area contributed by atoms with Gasteiger partial charge in [-0.2, -0.15) is 0 Å². The average Bonchev–Trinajstić information content (AvgIpc) is 2.65. The summed E-state index contributed by atoms with van der Waals surface area (Å²) < 4.78 is 16.5. The Hall–Kier alpha value is -2.41. The minimum atomic E-state index is -0.121. The highest BCUT2D eigenvalue weighted by Crippen LogP contribution is 2.28. The lowest BCUT2D eigenvalue weighted by Crippen LogP contribution is -2.29. The Kier molecular flexibility index (Phi) is 6.94. The van der Waals surface area contributed by atoms with Gasteiger partial charge in [-0.05, 0) is 45.8 Å². The molecule has 2 aromatic rings. The molecule has 0 heterocycles. The van der Waals surface area contributed by atoms with Crippen LogP contribution in [-0.4, -0.2) is 33.8 Å².